The summed E-state index contributed by atoms with van der Waals surface area (Å²) in [5.74, 6) is 0.691. The van der Waals surface area contributed by atoms with Gasteiger partial charge in [-0.05, 0) is 24.3 Å². The van der Waals surface area contributed by atoms with Crippen molar-refractivity contribution in [3.63, 3.8) is 0 Å². The zero-order valence-corrected chi connectivity index (χ0v) is 13.4. The SMILES string of the molecule is O=c1c2ccccc2cnn1CC(O)COc1cccc2[nH]ccc12. The maximum Gasteiger partial charge on any atom is 0.274 e. The molecule has 1 unspecified atom stereocenters. The molecule has 0 bridgehead atoms. The lowest BCUT2D eigenvalue weighted by Crippen LogP contribution is -2.31. The Bertz CT molecular complexity index is 1080. The second kappa shape index (κ2) is 6.41. The predicted octanol–water partition coefficient (Wildman–Crippen LogP) is 2.32. The molecule has 126 valence electrons. The summed E-state index contributed by atoms with van der Waals surface area (Å²) < 4.78 is 7.00. The van der Waals surface area contributed by atoms with Crippen molar-refractivity contribution in [3.8, 4) is 5.75 Å². The molecule has 0 aliphatic carbocycles. The molecule has 1 atom stereocenters. The number of benzene rings is 2. The van der Waals surface area contributed by atoms with Crippen LogP contribution in [-0.4, -0.2) is 32.6 Å². The summed E-state index contributed by atoms with van der Waals surface area (Å²) >= 11 is 0. The van der Waals surface area contributed by atoms with E-state index in [9.17, 15) is 9.90 Å². The van der Waals surface area contributed by atoms with Crippen molar-refractivity contribution in [3.05, 3.63) is 71.3 Å². The van der Waals surface area contributed by atoms with Gasteiger partial charge in [0, 0.05) is 22.5 Å². The fourth-order valence-corrected chi connectivity index (χ4v) is 2.88. The lowest BCUT2D eigenvalue weighted by molar-refractivity contribution is 0.0888. The van der Waals surface area contributed by atoms with Crippen molar-refractivity contribution in [1.82, 2.24) is 14.8 Å². The highest BCUT2D eigenvalue weighted by molar-refractivity contribution is 5.85. The number of ether oxygens (including phenoxy) is 1. The number of aromatic nitrogens is 3. The number of rotatable bonds is 5. The van der Waals surface area contributed by atoms with Crippen LogP contribution in [0.25, 0.3) is 21.7 Å². The van der Waals surface area contributed by atoms with Gasteiger partial charge in [0.25, 0.3) is 5.56 Å². The van der Waals surface area contributed by atoms with Gasteiger partial charge in [-0.3, -0.25) is 4.79 Å². The molecule has 0 aliphatic heterocycles. The minimum atomic E-state index is -0.847. The molecule has 6 heteroatoms. The smallest absolute Gasteiger partial charge is 0.274 e. The maximum absolute atomic E-state index is 12.4. The third kappa shape index (κ3) is 2.99. The number of hydrogen-bond donors (Lipinski definition) is 2. The van der Waals surface area contributed by atoms with Crippen molar-refractivity contribution >= 4 is 21.7 Å². The molecule has 0 amide bonds. The first-order valence-electron chi connectivity index (χ1n) is 8.04. The Morgan fingerprint density at radius 2 is 2.00 bits per heavy atom. The molecule has 0 radical (unpaired) electrons. The number of aliphatic hydroxyl groups is 1. The number of H-pyrrole nitrogens is 1. The van der Waals surface area contributed by atoms with E-state index in [2.05, 4.69) is 10.1 Å². The quantitative estimate of drug-likeness (QED) is 0.586. The summed E-state index contributed by atoms with van der Waals surface area (Å²) in [6.45, 7) is 0.151. The zero-order valence-electron chi connectivity index (χ0n) is 13.4. The van der Waals surface area contributed by atoms with E-state index < -0.39 is 6.10 Å². The summed E-state index contributed by atoms with van der Waals surface area (Å²) in [5.41, 5.74) is 0.754. The van der Waals surface area contributed by atoms with Gasteiger partial charge in [0.2, 0.25) is 0 Å². The Morgan fingerprint density at radius 1 is 1.12 bits per heavy atom. The van der Waals surface area contributed by atoms with E-state index in [1.54, 1.807) is 12.3 Å². The van der Waals surface area contributed by atoms with Gasteiger partial charge < -0.3 is 14.8 Å². The number of nitrogens with zero attached hydrogens (tertiary/aromatic N) is 2. The van der Waals surface area contributed by atoms with Crippen molar-refractivity contribution < 1.29 is 9.84 Å². The molecule has 4 rings (SSSR count). The van der Waals surface area contributed by atoms with Crippen molar-refractivity contribution in [2.24, 2.45) is 0 Å². The monoisotopic (exact) mass is 335 g/mol. The van der Waals surface area contributed by atoms with Crippen LogP contribution in [0.2, 0.25) is 0 Å². The van der Waals surface area contributed by atoms with Gasteiger partial charge in [-0.2, -0.15) is 5.10 Å². The van der Waals surface area contributed by atoms with Gasteiger partial charge >= 0.3 is 0 Å². The first kappa shape index (κ1) is 15.4. The maximum atomic E-state index is 12.4. The molecule has 2 aromatic heterocycles. The van der Waals surface area contributed by atoms with Crippen LogP contribution < -0.4 is 10.3 Å². The van der Waals surface area contributed by atoms with E-state index in [4.69, 9.17) is 4.74 Å². The van der Waals surface area contributed by atoms with E-state index in [1.165, 1.54) is 4.68 Å². The Morgan fingerprint density at radius 3 is 2.92 bits per heavy atom. The topological polar surface area (TPSA) is 80.1 Å². The third-order valence-electron chi connectivity index (χ3n) is 4.13. The number of aliphatic hydroxyl groups excluding tert-OH is 1. The molecule has 0 saturated carbocycles. The summed E-state index contributed by atoms with van der Waals surface area (Å²) in [7, 11) is 0. The molecule has 0 spiro atoms. The van der Waals surface area contributed by atoms with Crippen LogP contribution in [0.4, 0.5) is 0 Å². The molecule has 0 saturated heterocycles. The highest BCUT2D eigenvalue weighted by Gasteiger charge is 2.11. The van der Waals surface area contributed by atoms with Gasteiger partial charge in [-0.25, -0.2) is 4.68 Å². The molecular weight excluding hydrogens is 318 g/mol. The first-order valence-corrected chi connectivity index (χ1v) is 8.04. The van der Waals surface area contributed by atoms with E-state index in [1.807, 2.05) is 48.7 Å². The third-order valence-corrected chi connectivity index (χ3v) is 4.13. The summed E-state index contributed by atoms with van der Waals surface area (Å²) in [6.07, 6.45) is 2.62. The molecule has 0 fully saturated rings. The fraction of sp³-hybridized carbons (Fsp3) is 0.158. The highest BCUT2D eigenvalue weighted by Crippen LogP contribution is 2.24. The van der Waals surface area contributed by atoms with Crippen LogP contribution >= 0.6 is 0 Å². The Balaban J connectivity index is 1.49. The minimum absolute atomic E-state index is 0.0746. The lowest BCUT2D eigenvalue weighted by atomic mass is 10.2. The molecule has 0 aliphatic rings. The van der Waals surface area contributed by atoms with Crippen LogP contribution in [0, 0.1) is 0 Å². The minimum Gasteiger partial charge on any atom is -0.490 e. The van der Waals surface area contributed by atoms with Crippen LogP contribution in [0.5, 0.6) is 5.75 Å². The van der Waals surface area contributed by atoms with Crippen LogP contribution in [0.3, 0.4) is 0 Å². The Labute approximate surface area is 143 Å². The predicted molar refractivity (Wildman–Crippen MR) is 95.8 cm³/mol. The van der Waals surface area contributed by atoms with Gasteiger partial charge in [0.15, 0.2) is 0 Å². The zero-order chi connectivity index (χ0) is 17.2. The van der Waals surface area contributed by atoms with Gasteiger partial charge in [-0.1, -0.05) is 24.3 Å². The second-order valence-electron chi connectivity index (χ2n) is 5.88. The van der Waals surface area contributed by atoms with Crippen molar-refractivity contribution in [2.45, 2.75) is 12.6 Å². The lowest BCUT2D eigenvalue weighted by Gasteiger charge is -2.14. The van der Waals surface area contributed by atoms with Crippen LogP contribution in [0.15, 0.2) is 65.7 Å². The van der Waals surface area contributed by atoms with E-state index in [0.29, 0.717) is 11.1 Å². The summed E-state index contributed by atoms with van der Waals surface area (Å²) in [6, 6.07) is 14.9. The number of aromatic amines is 1. The van der Waals surface area contributed by atoms with E-state index >= 15 is 0 Å². The van der Waals surface area contributed by atoms with Gasteiger partial charge in [0.05, 0.1) is 18.1 Å². The molecule has 6 nitrogen and oxygen atoms in total. The first-order chi connectivity index (χ1) is 12.2. The van der Waals surface area contributed by atoms with E-state index in [0.717, 1.165) is 16.3 Å². The Kier molecular flexibility index (Phi) is 3.95. The highest BCUT2D eigenvalue weighted by atomic mass is 16.5. The molecule has 2 aromatic carbocycles. The summed E-state index contributed by atoms with van der Waals surface area (Å²) in [4.78, 5) is 15.5. The molecular formula is C19H17N3O3. The molecule has 25 heavy (non-hydrogen) atoms. The van der Waals surface area contributed by atoms with Crippen LogP contribution in [0.1, 0.15) is 0 Å². The normalized spacial score (nSPS) is 12.5. The molecule has 2 heterocycles. The number of nitrogens with one attached hydrogen (secondary N) is 1. The number of fused-ring (bicyclic) bond motifs is 2. The largest absolute Gasteiger partial charge is 0.490 e. The van der Waals surface area contributed by atoms with Crippen molar-refractivity contribution in [1.29, 1.82) is 0 Å². The Hall–Kier alpha value is -3.12. The van der Waals surface area contributed by atoms with Crippen molar-refractivity contribution in [2.75, 3.05) is 6.61 Å². The average Bonchev–Trinajstić information content (AvgIpc) is 3.12. The van der Waals surface area contributed by atoms with Gasteiger partial charge in [-0.15, -0.1) is 0 Å². The summed E-state index contributed by atoms with van der Waals surface area (Å²) in [5, 5.41) is 16.7. The molecule has 4 aromatic rings. The molecule has 2 N–H and O–H groups in total. The standard InChI is InChI=1S/C19H17N3O3/c23-14(12-25-18-7-3-6-17-16(18)8-9-20-17)11-22-19(24)15-5-2-1-4-13(15)10-21-22/h1-10,14,20,23H,11-12H2. The van der Waals surface area contributed by atoms with Gasteiger partial charge in [0.1, 0.15) is 18.5 Å². The van der Waals surface area contributed by atoms with Crippen LogP contribution in [-0.2, 0) is 6.54 Å². The number of hydrogen-bond acceptors (Lipinski definition) is 4. The second-order valence-corrected chi connectivity index (χ2v) is 5.88. The average molecular weight is 335 g/mol. The van der Waals surface area contributed by atoms with E-state index in [-0.39, 0.29) is 18.7 Å². The fourth-order valence-electron chi connectivity index (χ4n) is 2.88.